The molecule has 0 aliphatic rings. The van der Waals surface area contributed by atoms with Crippen LogP contribution in [-0.2, 0) is 0 Å². The Morgan fingerprint density at radius 1 is 1.30 bits per heavy atom. The molecule has 0 radical (unpaired) electrons. The quantitative estimate of drug-likeness (QED) is 0.680. The van der Waals surface area contributed by atoms with E-state index in [0.29, 0.717) is 0 Å². The molecule has 0 saturated carbocycles. The van der Waals surface area contributed by atoms with Crippen LogP contribution in [0.2, 0.25) is 19.6 Å². The Bertz CT molecular complexity index is 613. The molecule has 0 aliphatic carbocycles. The molecule has 5 heteroatoms. The number of hydrogen-bond acceptors (Lipinski definition) is 3. The van der Waals surface area contributed by atoms with Gasteiger partial charge in [-0.05, 0) is 51.2 Å². The number of nitrogens with one attached hydrogen (secondary N) is 1. The van der Waals surface area contributed by atoms with Gasteiger partial charge in [-0.15, -0.1) is 0 Å². The van der Waals surface area contributed by atoms with Crippen molar-refractivity contribution in [2.45, 2.75) is 33.5 Å². The maximum Gasteiger partial charge on any atom is 0.242 e. The van der Waals surface area contributed by atoms with Gasteiger partial charge in [-0.25, -0.2) is 4.99 Å². The maximum absolute atomic E-state index is 6.14. The van der Waals surface area contributed by atoms with Crippen molar-refractivity contribution >= 4 is 19.7 Å². The van der Waals surface area contributed by atoms with Gasteiger partial charge < -0.3 is 4.43 Å². The van der Waals surface area contributed by atoms with Gasteiger partial charge in [0, 0.05) is 17.5 Å². The summed E-state index contributed by atoms with van der Waals surface area (Å²) in [5.41, 5.74) is 3.96. The smallest absolute Gasteiger partial charge is 0.242 e. The molecule has 0 aliphatic heterocycles. The first-order valence-electron chi connectivity index (χ1n) is 6.69. The lowest BCUT2D eigenvalue weighted by atomic mass is 10.2. The molecule has 1 aromatic heterocycles. The summed E-state index contributed by atoms with van der Waals surface area (Å²) in [6, 6.07) is 6.12. The van der Waals surface area contributed by atoms with Crippen molar-refractivity contribution in [3.05, 3.63) is 41.7 Å². The maximum atomic E-state index is 6.14. The van der Waals surface area contributed by atoms with Crippen molar-refractivity contribution in [2.75, 3.05) is 0 Å². The Hall–Kier alpha value is -1.88. The molecule has 0 spiro atoms. The van der Waals surface area contributed by atoms with Gasteiger partial charge >= 0.3 is 0 Å². The van der Waals surface area contributed by atoms with E-state index in [4.69, 9.17) is 4.43 Å². The summed E-state index contributed by atoms with van der Waals surface area (Å²) >= 11 is 0. The Kier molecular flexibility index (Phi) is 4.08. The first kappa shape index (κ1) is 14.5. The predicted octanol–water partition coefficient (Wildman–Crippen LogP) is 4.07. The third-order valence-corrected chi connectivity index (χ3v) is 3.57. The molecule has 1 N–H and O–H groups in total. The summed E-state index contributed by atoms with van der Waals surface area (Å²) in [6.07, 6.45) is 3.61. The zero-order chi connectivity index (χ0) is 14.8. The van der Waals surface area contributed by atoms with E-state index in [0.717, 1.165) is 22.7 Å². The first-order valence-corrected chi connectivity index (χ1v) is 10.1. The van der Waals surface area contributed by atoms with Crippen LogP contribution in [0.3, 0.4) is 0 Å². The molecule has 106 valence electrons. The monoisotopic (exact) mass is 287 g/mol. The molecule has 1 aromatic carbocycles. The SMILES string of the molecule is CC(=Nc1ccc(C)cc1O[Si](C)(C)C)c1cn[nH]c1. The minimum Gasteiger partial charge on any atom is -0.543 e. The molecular weight excluding hydrogens is 266 g/mol. The van der Waals surface area contributed by atoms with Gasteiger partial charge in [-0.3, -0.25) is 5.10 Å². The van der Waals surface area contributed by atoms with Gasteiger partial charge in [0.15, 0.2) is 0 Å². The van der Waals surface area contributed by atoms with E-state index in [1.165, 1.54) is 5.56 Å². The Balaban J connectivity index is 2.39. The highest BCUT2D eigenvalue weighted by Gasteiger charge is 2.18. The number of nitrogens with zero attached hydrogens (tertiary/aromatic N) is 2. The minimum atomic E-state index is -1.66. The molecule has 4 nitrogen and oxygen atoms in total. The van der Waals surface area contributed by atoms with E-state index in [9.17, 15) is 0 Å². The number of aliphatic imine (C=N–C) groups is 1. The fourth-order valence-electron chi connectivity index (χ4n) is 1.82. The van der Waals surface area contributed by atoms with E-state index < -0.39 is 8.32 Å². The number of H-pyrrole nitrogens is 1. The average molecular weight is 287 g/mol. The Labute approximate surface area is 121 Å². The van der Waals surface area contributed by atoms with E-state index in [2.05, 4.69) is 53.9 Å². The minimum absolute atomic E-state index is 0.868. The van der Waals surface area contributed by atoms with Gasteiger partial charge in [0.1, 0.15) is 11.4 Å². The number of rotatable bonds is 4. The average Bonchev–Trinajstić information content (AvgIpc) is 2.84. The van der Waals surface area contributed by atoms with Gasteiger partial charge in [-0.1, -0.05) is 6.07 Å². The fourth-order valence-corrected chi connectivity index (χ4v) is 2.64. The molecule has 2 rings (SSSR count). The second kappa shape index (κ2) is 5.62. The molecule has 20 heavy (non-hydrogen) atoms. The van der Waals surface area contributed by atoms with Crippen LogP contribution in [0.1, 0.15) is 18.1 Å². The molecule has 0 saturated heterocycles. The zero-order valence-corrected chi connectivity index (χ0v) is 13.7. The van der Waals surface area contributed by atoms with Gasteiger partial charge in [-0.2, -0.15) is 5.10 Å². The normalized spacial score (nSPS) is 12.6. The lowest BCUT2D eigenvalue weighted by Crippen LogP contribution is -2.29. The van der Waals surface area contributed by atoms with Crippen molar-refractivity contribution < 1.29 is 4.43 Å². The molecule has 0 bridgehead atoms. The lowest BCUT2D eigenvalue weighted by molar-refractivity contribution is 0.558. The second-order valence-electron chi connectivity index (χ2n) is 5.87. The highest BCUT2D eigenvalue weighted by atomic mass is 28.4. The van der Waals surface area contributed by atoms with Crippen LogP contribution >= 0.6 is 0 Å². The summed E-state index contributed by atoms with van der Waals surface area (Å²) in [7, 11) is -1.66. The highest BCUT2D eigenvalue weighted by molar-refractivity contribution is 6.70. The molecule has 1 heterocycles. The van der Waals surface area contributed by atoms with Crippen LogP contribution in [0.4, 0.5) is 5.69 Å². The van der Waals surface area contributed by atoms with Crippen LogP contribution in [0.15, 0.2) is 35.6 Å². The van der Waals surface area contributed by atoms with Crippen molar-refractivity contribution in [1.82, 2.24) is 10.2 Å². The number of benzene rings is 1. The van der Waals surface area contributed by atoms with E-state index in [-0.39, 0.29) is 0 Å². The number of hydrogen-bond donors (Lipinski definition) is 1. The van der Waals surface area contributed by atoms with Crippen LogP contribution in [0.5, 0.6) is 5.75 Å². The summed E-state index contributed by atoms with van der Waals surface area (Å²) < 4.78 is 6.14. The molecular formula is C15H21N3OSi. The van der Waals surface area contributed by atoms with Crippen molar-refractivity contribution in [3.63, 3.8) is 0 Å². The third kappa shape index (κ3) is 3.80. The van der Waals surface area contributed by atoms with Gasteiger partial charge in [0.2, 0.25) is 8.32 Å². The van der Waals surface area contributed by atoms with Crippen molar-refractivity contribution in [3.8, 4) is 5.75 Å². The summed E-state index contributed by atoms with van der Waals surface area (Å²) in [6.45, 7) is 10.6. The fraction of sp³-hybridized carbons (Fsp3) is 0.333. The van der Waals surface area contributed by atoms with Crippen LogP contribution in [0, 0.1) is 6.92 Å². The summed E-state index contributed by atoms with van der Waals surface area (Å²) in [4.78, 5) is 4.68. The second-order valence-corrected chi connectivity index (χ2v) is 10.3. The summed E-state index contributed by atoms with van der Waals surface area (Å²) in [5, 5.41) is 6.75. The Morgan fingerprint density at radius 3 is 2.65 bits per heavy atom. The van der Waals surface area contributed by atoms with E-state index >= 15 is 0 Å². The number of aryl methyl sites for hydroxylation is 1. The first-order chi connectivity index (χ1) is 9.35. The largest absolute Gasteiger partial charge is 0.543 e. The number of aromatic nitrogens is 2. The van der Waals surface area contributed by atoms with Crippen LogP contribution in [-0.4, -0.2) is 24.2 Å². The molecule has 2 aromatic rings. The number of aromatic amines is 1. The Morgan fingerprint density at radius 2 is 2.05 bits per heavy atom. The molecule has 0 unspecified atom stereocenters. The van der Waals surface area contributed by atoms with Crippen molar-refractivity contribution in [1.29, 1.82) is 0 Å². The predicted molar refractivity (Wildman–Crippen MR) is 85.6 cm³/mol. The summed E-state index contributed by atoms with van der Waals surface area (Å²) in [5.74, 6) is 0.868. The van der Waals surface area contributed by atoms with Crippen LogP contribution in [0.25, 0.3) is 0 Å². The van der Waals surface area contributed by atoms with Crippen LogP contribution < -0.4 is 4.43 Å². The van der Waals surface area contributed by atoms with Gasteiger partial charge in [0.25, 0.3) is 0 Å². The molecule has 0 atom stereocenters. The van der Waals surface area contributed by atoms with Crippen molar-refractivity contribution in [2.24, 2.45) is 4.99 Å². The van der Waals surface area contributed by atoms with E-state index in [1.54, 1.807) is 6.20 Å². The molecule has 0 amide bonds. The van der Waals surface area contributed by atoms with Gasteiger partial charge in [0.05, 0.1) is 6.20 Å². The van der Waals surface area contributed by atoms with E-state index in [1.807, 2.05) is 19.2 Å². The highest BCUT2D eigenvalue weighted by Crippen LogP contribution is 2.31. The standard InChI is InChI=1S/C15H21N3OSi/c1-11-6-7-14(15(8-11)19-20(3,4)5)18-12(2)13-9-16-17-10-13/h6-10H,1-5H3,(H,16,17). The zero-order valence-electron chi connectivity index (χ0n) is 12.7. The topological polar surface area (TPSA) is 50.3 Å². The molecule has 0 fully saturated rings. The lowest BCUT2D eigenvalue weighted by Gasteiger charge is -2.21. The third-order valence-electron chi connectivity index (χ3n) is 2.74.